The molecule has 2 aromatic heterocycles. The van der Waals surface area contributed by atoms with Gasteiger partial charge in [-0.2, -0.15) is 4.98 Å². The molecule has 8 nitrogen and oxygen atoms in total. The van der Waals surface area contributed by atoms with Gasteiger partial charge >= 0.3 is 0 Å². The van der Waals surface area contributed by atoms with Crippen LogP contribution >= 0.6 is 0 Å². The zero-order valence-corrected chi connectivity index (χ0v) is 23.3. The number of ether oxygens (including phenoxy) is 1. The summed E-state index contributed by atoms with van der Waals surface area (Å²) in [5, 5.41) is 3.29. The van der Waals surface area contributed by atoms with Gasteiger partial charge in [-0.05, 0) is 73.2 Å². The van der Waals surface area contributed by atoms with Gasteiger partial charge in [0, 0.05) is 19.2 Å². The number of sulfonamides is 1. The van der Waals surface area contributed by atoms with Gasteiger partial charge in [-0.25, -0.2) is 8.42 Å². The first kappa shape index (κ1) is 26.7. The Morgan fingerprint density at radius 2 is 1.77 bits per heavy atom. The Bertz CT molecular complexity index is 1580. The average molecular weight is 548 g/mol. The number of fused-ring (bicyclic) bond motifs is 1. The van der Waals surface area contributed by atoms with Crippen LogP contribution in [-0.4, -0.2) is 39.2 Å². The molecule has 2 heterocycles. The van der Waals surface area contributed by atoms with Gasteiger partial charge < -0.3 is 14.5 Å². The van der Waals surface area contributed by atoms with Gasteiger partial charge in [0.1, 0.15) is 23.1 Å². The van der Waals surface area contributed by atoms with Crippen LogP contribution in [-0.2, 0) is 10.0 Å². The maximum Gasteiger partial charge on any atom is 0.255 e. The van der Waals surface area contributed by atoms with E-state index in [1.54, 1.807) is 7.05 Å². The number of para-hydroxylation sites is 1. The number of anilines is 1. The van der Waals surface area contributed by atoms with E-state index in [1.165, 1.54) is 10.6 Å². The van der Waals surface area contributed by atoms with Crippen molar-refractivity contribution >= 4 is 32.8 Å². The molecule has 0 saturated heterocycles. The van der Waals surface area contributed by atoms with E-state index in [1.807, 2.05) is 60.7 Å². The number of carbonyl (C=O) groups is 1. The normalized spacial score (nSPS) is 13.4. The minimum absolute atomic E-state index is 0.206. The van der Waals surface area contributed by atoms with Gasteiger partial charge in [0.2, 0.25) is 15.7 Å². The Labute approximate surface area is 229 Å². The predicted molar refractivity (Wildman–Crippen MR) is 153 cm³/mol. The maximum absolute atomic E-state index is 13.1. The predicted octanol–water partition coefficient (Wildman–Crippen LogP) is 6.48. The number of carbonyl (C=O) groups excluding carboxylic acids is 1. The van der Waals surface area contributed by atoms with Gasteiger partial charge in [-0.3, -0.25) is 9.10 Å². The van der Waals surface area contributed by atoms with Crippen molar-refractivity contribution in [3.63, 3.8) is 0 Å². The minimum Gasteiger partial charge on any atom is -0.457 e. The van der Waals surface area contributed by atoms with Crippen molar-refractivity contribution in [1.82, 2.24) is 10.3 Å². The first-order valence-electron chi connectivity index (χ1n) is 13.3. The summed E-state index contributed by atoms with van der Waals surface area (Å²) in [6.45, 7) is 2.43. The highest BCUT2D eigenvalue weighted by Gasteiger charge is 2.34. The van der Waals surface area contributed by atoms with E-state index in [2.05, 4.69) is 12.2 Å². The first-order valence-corrected chi connectivity index (χ1v) is 15.2. The molecule has 204 valence electrons. The molecule has 1 aliphatic rings. The van der Waals surface area contributed by atoms with E-state index < -0.39 is 10.0 Å². The second-order valence-electron chi connectivity index (χ2n) is 9.90. The lowest BCUT2D eigenvalue weighted by atomic mass is 10.0. The third-order valence-corrected chi connectivity index (χ3v) is 8.02. The molecule has 1 fully saturated rings. The van der Waals surface area contributed by atoms with Crippen LogP contribution < -0.4 is 14.4 Å². The molecule has 0 spiro atoms. The maximum atomic E-state index is 13.1. The van der Waals surface area contributed by atoms with Crippen molar-refractivity contribution < 1.29 is 22.4 Å². The number of nitrogens with one attached hydrogen (secondary N) is 1. The summed E-state index contributed by atoms with van der Waals surface area (Å²) in [7, 11) is -1.99. The molecule has 0 aliphatic heterocycles. The number of amides is 1. The SMILES string of the molecule is CCCCCN(c1nc2oc(-c3ccc(Oc4ccccc4)cc3)c(C(=O)NC)c2cc1C1CC1)S(C)(=O)=O. The summed E-state index contributed by atoms with van der Waals surface area (Å²) in [6.07, 6.45) is 5.75. The fraction of sp³-hybridized carbons (Fsp3) is 0.333. The van der Waals surface area contributed by atoms with Crippen LogP contribution in [0.25, 0.3) is 22.4 Å². The molecule has 1 amide bonds. The van der Waals surface area contributed by atoms with Crippen molar-refractivity contribution in [2.75, 3.05) is 24.2 Å². The van der Waals surface area contributed by atoms with Gasteiger partial charge in [0.15, 0.2) is 0 Å². The molecule has 1 N–H and O–H groups in total. The summed E-state index contributed by atoms with van der Waals surface area (Å²) in [5.41, 5.74) is 2.14. The highest BCUT2D eigenvalue weighted by Crippen LogP contribution is 2.47. The second-order valence-corrected chi connectivity index (χ2v) is 11.8. The van der Waals surface area contributed by atoms with Crippen LogP contribution in [0.1, 0.15) is 60.9 Å². The molecule has 0 atom stereocenters. The topological polar surface area (TPSA) is 102 Å². The Balaban J connectivity index is 1.60. The molecule has 1 aliphatic carbocycles. The molecular weight excluding hydrogens is 514 g/mol. The van der Waals surface area contributed by atoms with Crippen LogP contribution in [0.4, 0.5) is 5.82 Å². The van der Waals surface area contributed by atoms with E-state index in [9.17, 15) is 13.2 Å². The van der Waals surface area contributed by atoms with Crippen LogP contribution in [0, 0.1) is 0 Å². The van der Waals surface area contributed by atoms with Crippen LogP contribution in [0.5, 0.6) is 11.5 Å². The lowest BCUT2D eigenvalue weighted by Gasteiger charge is -2.23. The molecular formula is C30H33N3O5S. The average Bonchev–Trinajstić information content (AvgIpc) is 3.71. The fourth-order valence-corrected chi connectivity index (χ4v) is 5.63. The molecule has 1 saturated carbocycles. The Hall–Kier alpha value is -3.85. The second kappa shape index (κ2) is 11.1. The molecule has 0 radical (unpaired) electrons. The lowest BCUT2D eigenvalue weighted by Crippen LogP contribution is -2.32. The number of hydrogen-bond acceptors (Lipinski definition) is 6. The zero-order chi connectivity index (χ0) is 27.6. The number of nitrogens with zero attached hydrogens (tertiary/aromatic N) is 2. The van der Waals surface area contributed by atoms with Crippen LogP contribution in [0.3, 0.4) is 0 Å². The fourth-order valence-electron chi connectivity index (χ4n) is 4.71. The third kappa shape index (κ3) is 5.78. The van der Waals surface area contributed by atoms with E-state index in [0.29, 0.717) is 40.4 Å². The van der Waals surface area contributed by atoms with E-state index >= 15 is 0 Å². The minimum atomic E-state index is -3.57. The molecule has 9 heteroatoms. The smallest absolute Gasteiger partial charge is 0.255 e. The Kier molecular flexibility index (Phi) is 7.61. The molecule has 5 rings (SSSR count). The van der Waals surface area contributed by atoms with Crippen molar-refractivity contribution in [3.05, 3.63) is 71.8 Å². The summed E-state index contributed by atoms with van der Waals surface area (Å²) < 4.78 is 39.2. The van der Waals surface area contributed by atoms with Gasteiger partial charge in [-0.1, -0.05) is 38.0 Å². The number of benzene rings is 2. The molecule has 4 aromatic rings. The van der Waals surface area contributed by atoms with Crippen molar-refractivity contribution in [3.8, 4) is 22.8 Å². The number of aromatic nitrogens is 1. The zero-order valence-electron chi connectivity index (χ0n) is 22.4. The number of rotatable bonds is 11. The highest BCUT2D eigenvalue weighted by atomic mass is 32.2. The monoisotopic (exact) mass is 547 g/mol. The molecule has 0 unspecified atom stereocenters. The molecule has 2 aromatic carbocycles. The quantitative estimate of drug-likeness (QED) is 0.216. The Morgan fingerprint density at radius 1 is 1.08 bits per heavy atom. The van der Waals surface area contributed by atoms with Gasteiger partial charge in [0.05, 0.1) is 17.2 Å². The van der Waals surface area contributed by atoms with Crippen molar-refractivity contribution in [2.45, 2.75) is 44.9 Å². The van der Waals surface area contributed by atoms with E-state index in [4.69, 9.17) is 14.1 Å². The van der Waals surface area contributed by atoms with Crippen molar-refractivity contribution in [1.29, 1.82) is 0 Å². The molecule has 0 bridgehead atoms. The first-order chi connectivity index (χ1) is 18.8. The lowest BCUT2D eigenvalue weighted by molar-refractivity contribution is 0.0964. The Morgan fingerprint density at radius 3 is 2.38 bits per heavy atom. The van der Waals surface area contributed by atoms with Gasteiger partial charge in [0.25, 0.3) is 5.91 Å². The number of unbranched alkanes of at least 4 members (excludes halogenated alkanes) is 2. The van der Waals surface area contributed by atoms with Gasteiger partial charge in [-0.15, -0.1) is 0 Å². The van der Waals surface area contributed by atoms with E-state index in [0.717, 1.165) is 43.4 Å². The standard InChI is InChI=1S/C30H33N3O5S/c1-4-5-9-18-33(39(3,35)36)28-24(20-12-13-20)19-25-26(29(34)31-2)27(38-30(25)32-28)21-14-16-23(17-15-21)37-22-10-7-6-8-11-22/h6-8,10-11,14-17,19-20H,4-5,9,12-13,18H2,1-3H3,(H,31,34). The van der Waals surface area contributed by atoms with Crippen LogP contribution in [0.2, 0.25) is 0 Å². The summed E-state index contributed by atoms with van der Waals surface area (Å²) in [5.74, 6) is 2.05. The van der Waals surface area contributed by atoms with Crippen LogP contribution in [0.15, 0.2) is 65.1 Å². The largest absolute Gasteiger partial charge is 0.457 e. The number of pyridine rings is 1. The highest BCUT2D eigenvalue weighted by molar-refractivity contribution is 7.92. The number of furan rings is 1. The summed E-state index contributed by atoms with van der Waals surface area (Å²) in [4.78, 5) is 17.9. The summed E-state index contributed by atoms with van der Waals surface area (Å²) in [6, 6.07) is 18.7. The summed E-state index contributed by atoms with van der Waals surface area (Å²) >= 11 is 0. The molecule has 39 heavy (non-hydrogen) atoms. The third-order valence-electron chi connectivity index (χ3n) is 6.86. The number of hydrogen-bond donors (Lipinski definition) is 1. The van der Waals surface area contributed by atoms with Crippen molar-refractivity contribution in [2.24, 2.45) is 0 Å². The van der Waals surface area contributed by atoms with E-state index in [-0.39, 0.29) is 17.5 Å².